The Hall–Kier alpha value is -1.76. The van der Waals surface area contributed by atoms with E-state index in [1.165, 1.54) is 25.7 Å². The van der Waals surface area contributed by atoms with Crippen LogP contribution in [0.25, 0.3) is 11.2 Å². The Labute approximate surface area is 129 Å². The summed E-state index contributed by atoms with van der Waals surface area (Å²) in [5.41, 5.74) is 1.33. The smallest absolute Gasteiger partial charge is 0.228 e. The van der Waals surface area contributed by atoms with Crippen LogP contribution in [0.3, 0.4) is 0 Å². The lowest BCUT2D eigenvalue weighted by Crippen LogP contribution is -2.45. The van der Waals surface area contributed by atoms with Crippen LogP contribution < -0.4 is 4.90 Å². The molecule has 2 N–H and O–H groups in total. The van der Waals surface area contributed by atoms with Crippen molar-refractivity contribution in [1.82, 2.24) is 25.4 Å². The summed E-state index contributed by atoms with van der Waals surface area (Å²) in [5.74, 6) is 0.773. The van der Waals surface area contributed by atoms with Crippen molar-refractivity contribution in [3.05, 3.63) is 6.20 Å². The predicted octanol–water partition coefficient (Wildman–Crippen LogP) is 1.80. The third-order valence-corrected chi connectivity index (χ3v) is 5.07. The first-order valence-electron chi connectivity index (χ1n) is 8.31. The summed E-state index contributed by atoms with van der Waals surface area (Å²) in [5, 5.41) is 20.5. The highest BCUT2D eigenvalue weighted by molar-refractivity contribution is 5.69. The SMILES string of the molecule is OC1CCC(N(c2ncc3n[nH]nc3n2)C2CCCC2)CC1. The first kappa shape index (κ1) is 13.9. The fourth-order valence-corrected chi connectivity index (χ4v) is 3.91. The molecule has 0 unspecified atom stereocenters. The first-order chi connectivity index (χ1) is 10.8. The molecule has 0 spiro atoms. The quantitative estimate of drug-likeness (QED) is 0.898. The topological polar surface area (TPSA) is 90.8 Å². The van der Waals surface area contributed by atoms with Crippen LogP contribution in [0.15, 0.2) is 6.20 Å². The van der Waals surface area contributed by atoms with Crippen molar-refractivity contribution in [3.8, 4) is 0 Å². The zero-order valence-corrected chi connectivity index (χ0v) is 12.6. The number of nitrogens with zero attached hydrogens (tertiary/aromatic N) is 5. The first-order valence-corrected chi connectivity index (χ1v) is 8.31. The second-order valence-corrected chi connectivity index (χ2v) is 6.51. The number of aromatic amines is 1. The molecule has 2 saturated carbocycles. The molecule has 2 heterocycles. The maximum atomic E-state index is 9.79. The number of nitrogens with one attached hydrogen (secondary N) is 1. The van der Waals surface area contributed by atoms with E-state index in [2.05, 4.69) is 30.3 Å². The molecule has 0 saturated heterocycles. The summed E-state index contributed by atoms with van der Waals surface area (Å²) in [6.45, 7) is 0. The van der Waals surface area contributed by atoms with Crippen molar-refractivity contribution in [2.75, 3.05) is 4.90 Å². The summed E-state index contributed by atoms with van der Waals surface area (Å²) in [7, 11) is 0. The van der Waals surface area contributed by atoms with E-state index in [-0.39, 0.29) is 6.10 Å². The molecule has 7 nitrogen and oxygen atoms in total. The van der Waals surface area contributed by atoms with Gasteiger partial charge in [0.15, 0.2) is 0 Å². The van der Waals surface area contributed by atoms with Crippen LogP contribution in [0.2, 0.25) is 0 Å². The molecule has 2 aliphatic rings. The fraction of sp³-hybridized carbons (Fsp3) is 0.733. The van der Waals surface area contributed by atoms with Gasteiger partial charge in [-0.2, -0.15) is 15.3 Å². The van der Waals surface area contributed by atoms with Gasteiger partial charge in [-0.05, 0) is 38.5 Å². The Morgan fingerprint density at radius 3 is 2.50 bits per heavy atom. The minimum Gasteiger partial charge on any atom is -0.393 e. The van der Waals surface area contributed by atoms with Crippen molar-refractivity contribution in [2.24, 2.45) is 0 Å². The molecular weight excluding hydrogens is 280 g/mol. The van der Waals surface area contributed by atoms with Gasteiger partial charge in [0.1, 0.15) is 5.52 Å². The van der Waals surface area contributed by atoms with Crippen molar-refractivity contribution < 1.29 is 5.11 Å². The third-order valence-electron chi connectivity index (χ3n) is 5.07. The second kappa shape index (κ2) is 5.79. The van der Waals surface area contributed by atoms with Gasteiger partial charge >= 0.3 is 0 Å². The molecule has 7 heteroatoms. The van der Waals surface area contributed by atoms with Gasteiger partial charge in [0.25, 0.3) is 0 Å². The summed E-state index contributed by atoms with van der Waals surface area (Å²) < 4.78 is 0. The summed E-state index contributed by atoms with van der Waals surface area (Å²) in [6, 6.07) is 0.945. The van der Waals surface area contributed by atoms with Crippen molar-refractivity contribution in [3.63, 3.8) is 0 Å². The van der Waals surface area contributed by atoms with Gasteiger partial charge in [-0.3, -0.25) is 0 Å². The van der Waals surface area contributed by atoms with Crippen LogP contribution in [-0.4, -0.2) is 48.7 Å². The molecule has 2 aliphatic carbocycles. The van der Waals surface area contributed by atoms with Crippen LogP contribution in [0.5, 0.6) is 0 Å². The largest absolute Gasteiger partial charge is 0.393 e. The van der Waals surface area contributed by atoms with Crippen LogP contribution in [-0.2, 0) is 0 Å². The van der Waals surface area contributed by atoms with Crippen LogP contribution in [0, 0.1) is 0 Å². The number of H-pyrrole nitrogens is 1. The average molecular weight is 302 g/mol. The number of rotatable bonds is 3. The van der Waals surface area contributed by atoms with E-state index in [4.69, 9.17) is 0 Å². The van der Waals surface area contributed by atoms with Gasteiger partial charge in [-0.1, -0.05) is 12.8 Å². The standard InChI is InChI=1S/C15H22N6O/c22-12-7-5-11(6-8-12)21(10-3-1-2-4-10)15-16-9-13-14(17-15)19-20-18-13/h9-12,22H,1-8H2,(H,16,17,18,19,20). The van der Waals surface area contributed by atoms with Crippen LogP contribution in [0.4, 0.5) is 5.95 Å². The maximum absolute atomic E-state index is 9.79. The molecule has 0 aromatic carbocycles. The molecule has 0 aliphatic heterocycles. The Bertz CT molecular complexity index is 630. The van der Waals surface area contributed by atoms with Crippen LogP contribution >= 0.6 is 0 Å². The number of aliphatic hydroxyl groups excluding tert-OH is 1. The lowest BCUT2D eigenvalue weighted by molar-refractivity contribution is 0.120. The molecule has 0 radical (unpaired) electrons. The number of fused-ring (bicyclic) bond motifs is 1. The van der Waals surface area contributed by atoms with Gasteiger partial charge in [0.2, 0.25) is 11.6 Å². The third kappa shape index (κ3) is 2.54. The molecule has 4 rings (SSSR count). The Kier molecular flexibility index (Phi) is 3.65. The normalized spacial score (nSPS) is 26.6. The Balaban J connectivity index is 1.66. The molecule has 2 fully saturated rings. The molecule has 2 aromatic rings. The summed E-state index contributed by atoms with van der Waals surface area (Å²) in [4.78, 5) is 11.6. The molecule has 22 heavy (non-hydrogen) atoms. The average Bonchev–Trinajstić information content (AvgIpc) is 3.20. The summed E-state index contributed by atoms with van der Waals surface area (Å²) in [6.07, 6.45) is 10.4. The van der Waals surface area contributed by atoms with E-state index < -0.39 is 0 Å². The van der Waals surface area contributed by atoms with Gasteiger partial charge in [0.05, 0.1) is 12.3 Å². The maximum Gasteiger partial charge on any atom is 0.228 e. The number of hydrogen-bond donors (Lipinski definition) is 2. The van der Waals surface area contributed by atoms with E-state index >= 15 is 0 Å². The van der Waals surface area contributed by atoms with E-state index in [1.807, 2.05) is 0 Å². The van der Waals surface area contributed by atoms with E-state index in [0.29, 0.717) is 23.2 Å². The molecule has 0 bridgehead atoms. The highest BCUT2D eigenvalue weighted by atomic mass is 16.3. The molecular formula is C15H22N6O. The molecule has 0 atom stereocenters. The number of aliphatic hydroxyl groups is 1. The van der Waals surface area contributed by atoms with Gasteiger partial charge < -0.3 is 10.0 Å². The predicted molar refractivity (Wildman–Crippen MR) is 82.5 cm³/mol. The van der Waals surface area contributed by atoms with Crippen molar-refractivity contribution in [1.29, 1.82) is 0 Å². The van der Waals surface area contributed by atoms with E-state index in [1.54, 1.807) is 6.20 Å². The molecule has 118 valence electrons. The monoisotopic (exact) mass is 302 g/mol. The molecule has 2 aromatic heterocycles. The fourth-order valence-electron chi connectivity index (χ4n) is 3.91. The summed E-state index contributed by atoms with van der Waals surface area (Å²) >= 11 is 0. The molecule has 0 amide bonds. The van der Waals surface area contributed by atoms with Crippen LogP contribution in [0.1, 0.15) is 51.4 Å². The lowest BCUT2D eigenvalue weighted by Gasteiger charge is -2.39. The number of aromatic nitrogens is 5. The zero-order valence-electron chi connectivity index (χ0n) is 12.6. The van der Waals surface area contributed by atoms with Gasteiger partial charge in [0, 0.05) is 12.1 Å². The van der Waals surface area contributed by atoms with E-state index in [9.17, 15) is 5.11 Å². The highest BCUT2D eigenvalue weighted by Crippen LogP contribution is 2.33. The van der Waals surface area contributed by atoms with Gasteiger partial charge in [-0.15, -0.1) is 5.10 Å². The second-order valence-electron chi connectivity index (χ2n) is 6.51. The van der Waals surface area contributed by atoms with Crippen molar-refractivity contribution >= 4 is 17.1 Å². The Morgan fingerprint density at radius 1 is 1.00 bits per heavy atom. The van der Waals surface area contributed by atoms with E-state index in [0.717, 1.165) is 31.6 Å². The minimum absolute atomic E-state index is 0.138. The zero-order chi connectivity index (χ0) is 14.9. The minimum atomic E-state index is -0.138. The number of anilines is 1. The Morgan fingerprint density at radius 2 is 1.73 bits per heavy atom. The highest BCUT2D eigenvalue weighted by Gasteiger charge is 2.33. The van der Waals surface area contributed by atoms with Crippen molar-refractivity contribution in [2.45, 2.75) is 69.6 Å². The lowest BCUT2D eigenvalue weighted by atomic mass is 9.91. The van der Waals surface area contributed by atoms with Gasteiger partial charge in [-0.25, -0.2) is 4.98 Å². The number of hydrogen-bond acceptors (Lipinski definition) is 6.